The third kappa shape index (κ3) is 6.38. The van der Waals surface area contributed by atoms with Gasteiger partial charge in [0, 0.05) is 18.1 Å². The lowest BCUT2D eigenvalue weighted by molar-refractivity contribution is -0.140. The minimum Gasteiger partial charge on any atom is -0.354 e. The van der Waals surface area contributed by atoms with E-state index in [-0.39, 0.29) is 18.2 Å². The molecule has 2 aromatic rings. The lowest BCUT2D eigenvalue weighted by Gasteiger charge is -2.29. The second-order valence-corrected chi connectivity index (χ2v) is 7.51. The lowest BCUT2D eigenvalue weighted by Crippen LogP contribution is -2.48. The molecule has 0 radical (unpaired) electrons. The zero-order valence-corrected chi connectivity index (χ0v) is 17.6. The number of carbonyl (C=O) groups excluding carboxylic acids is 2. The quantitative estimate of drug-likeness (QED) is 0.629. The summed E-state index contributed by atoms with van der Waals surface area (Å²) in [6, 6.07) is 14.6. The van der Waals surface area contributed by atoms with E-state index in [1.165, 1.54) is 0 Å². The normalized spacial score (nSPS) is 11.7. The molecule has 4 nitrogen and oxygen atoms in total. The van der Waals surface area contributed by atoms with E-state index in [9.17, 15) is 9.59 Å². The molecule has 5 heteroatoms. The molecule has 0 spiro atoms. The zero-order chi connectivity index (χ0) is 20.5. The van der Waals surface area contributed by atoms with Crippen molar-refractivity contribution in [3.8, 4) is 0 Å². The first-order valence-corrected chi connectivity index (χ1v) is 10.2. The van der Waals surface area contributed by atoms with Gasteiger partial charge >= 0.3 is 0 Å². The highest BCUT2D eigenvalue weighted by Crippen LogP contribution is 2.16. The number of nitrogens with one attached hydrogen (secondary N) is 1. The highest BCUT2D eigenvalue weighted by molar-refractivity contribution is 6.30. The van der Waals surface area contributed by atoms with E-state index in [0.717, 1.165) is 29.5 Å². The summed E-state index contributed by atoms with van der Waals surface area (Å²) in [5.74, 6) is -0.199. The number of nitrogens with zero attached hydrogens (tertiary/aromatic N) is 1. The van der Waals surface area contributed by atoms with Gasteiger partial charge in [0.05, 0.1) is 6.42 Å². The maximum Gasteiger partial charge on any atom is 0.242 e. The monoisotopic (exact) mass is 400 g/mol. The van der Waals surface area contributed by atoms with Crippen molar-refractivity contribution < 1.29 is 9.59 Å². The number of halogens is 1. The summed E-state index contributed by atoms with van der Waals surface area (Å²) >= 11 is 5.94. The van der Waals surface area contributed by atoms with Crippen LogP contribution in [0.15, 0.2) is 48.5 Å². The second kappa shape index (κ2) is 10.9. The van der Waals surface area contributed by atoms with Crippen LogP contribution < -0.4 is 5.32 Å². The first-order valence-electron chi connectivity index (χ1n) is 9.78. The van der Waals surface area contributed by atoms with E-state index in [2.05, 4.69) is 12.2 Å². The van der Waals surface area contributed by atoms with Gasteiger partial charge in [-0.15, -0.1) is 0 Å². The summed E-state index contributed by atoms with van der Waals surface area (Å²) in [6.45, 7) is 6.92. The standard InChI is InChI=1S/C23H29ClN2O2/c1-4-5-14-25-23(28)18(3)26(16-20-9-7-6-8-17(20)2)22(27)15-19-10-12-21(24)13-11-19/h6-13,18H,4-5,14-16H2,1-3H3,(H,25,28)/t18-/m0/s1. The topological polar surface area (TPSA) is 49.4 Å². The van der Waals surface area contributed by atoms with Crippen LogP contribution in [0.2, 0.25) is 5.02 Å². The van der Waals surface area contributed by atoms with E-state index < -0.39 is 6.04 Å². The summed E-state index contributed by atoms with van der Waals surface area (Å²) in [4.78, 5) is 27.4. The fourth-order valence-electron chi connectivity index (χ4n) is 2.97. The summed E-state index contributed by atoms with van der Waals surface area (Å²) in [5.41, 5.74) is 3.02. The number of amides is 2. The maximum absolute atomic E-state index is 13.1. The first-order chi connectivity index (χ1) is 13.4. The van der Waals surface area contributed by atoms with Gasteiger partial charge < -0.3 is 10.2 Å². The van der Waals surface area contributed by atoms with Gasteiger partial charge in [-0.1, -0.05) is 61.3 Å². The van der Waals surface area contributed by atoms with Crippen LogP contribution >= 0.6 is 11.6 Å². The molecular weight excluding hydrogens is 372 g/mol. The van der Waals surface area contributed by atoms with Gasteiger partial charge in [-0.3, -0.25) is 9.59 Å². The average molecular weight is 401 g/mol. The Labute approximate surface area is 172 Å². The van der Waals surface area contributed by atoms with Gasteiger partial charge in [0.25, 0.3) is 0 Å². The molecule has 2 aromatic carbocycles. The van der Waals surface area contributed by atoms with Gasteiger partial charge in [0.15, 0.2) is 0 Å². The van der Waals surface area contributed by atoms with Gasteiger partial charge in [-0.25, -0.2) is 0 Å². The number of benzene rings is 2. The molecule has 0 saturated carbocycles. The van der Waals surface area contributed by atoms with Crippen LogP contribution in [0.5, 0.6) is 0 Å². The highest BCUT2D eigenvalue weighted by atomic mass is 35.5. The minimum absolute atomic E-state index is 0.0799. The number of hydrogen-bond donors (Lipinski definition) is 1. The maximum atomic E-state index is 13.1. The van der Waals surface area contributed by atoms with E-state index in [0.29, 0.717) is 18.1 Å². The summed E-state index contributed by atoms with van der Waals surface area (Å²) in [6.07, 6.45) is 2.17. The SMILES string of the molecule is CCCCNC(=O)[C@H](C)N(Cc1ccccc1C)C(=O)Cc1ccc(Cl)cc1. The van der Waals surface area contributed by atoms with E-state index in [4.69, 9.17) is 11.6 Å². The van der Waals surface area contributed by atoms with Gasteiger partial charge in [-0.2, -0.15) is 0 Å². The smallest absolute Gasteiger partial charge is 0.242 e. The Hall–Kier alpha value is -2.33. The van der Waals surface area contributed by atoms with Gasteiger partial charge in [-0.05, 0) is 49.1 Å². The molecule has 0 unspecified atom stereocenters. The molecule has 0 saturated heterocycles. The largest absolute Gasteiger partial charge is 0.354 e. The molecule has 1 atom stereocenters. The molecule has 0 aliphatic carbocycles. The Morgan fingerprint density at radius 1 is 1.11 bits per heavy atom. The number of carbonyl (C=O) groups is 2. The Morgan fingerprint density at radius 3 is 2.43 bits per heavy atom. The van der Waals surface area contributed by atoms with E-state index in [1.807, 2.05) is 43.3 Å². The minimum atomic E-state index is -0.545. The van der Waals surface area contributed by atoms with Gasteiger partial charge in [0.1, 0.15) is 6.04 Å². The number of rotatable bonds is 9. The van der Waals surface area contributed by atoms with Crippen molar-refractivity contribution in [3.05, 3.63) is 70.2 Å². The number of unbranched alkanes of at least 4 members (excludes halogenated alkanes) is 1. The van der Waals surface area contributed by atoms with Crippen molar-refractivity contribution in [1.82, 2.24) is 10.2 Å². The molecule has 2 rings (SSSR count). The van der Waals surface area contributed by atoms with Crippen LogP contribution in [-0.4, -0.2) is 29.3 Å². The van der Waals surface area contributed by atoms with Crippen LogP contribution in [-0.2, 0) is 22.6 Å². The summed E-state index contributed by atoms with van der Waals surface area (Å²) in [5, 5.41) is 3.58. The number of aryl methyl sites for hydroxylation is 1. The Kier molecular flexibility index (Phi) is 8.52. The van der Waals surface area contributed by atoms with Crippen molar-refractivity contribution in [3.63, 3.8) is 0 Å². The highest BCUT2D eigenvalue weighted by Gasteiger charge is 2.26. The Balaban J connectivity index is 2.19. The van der Waals surface area contributed by atoms with E-state index in [1.54, 1.807) is 24.0 Å². The van der Waals surface area contributed by atoms with Crippen molar-refractivity contribution in [2.75, 3.05) is 6.54 Å². The number of hydrogen-bond acceptors (Lipinski definition) is 2. The van der Waals surface area contributed by atoms with Gasteiger partial charge in [0.2, 0.25) is 11.8 Å². The Morgan fingerprint density at radius 2 is 1.79 bits per heavy atom. The Bertz CT molecular complexity index is 789. The average Bonchev–Trinajstić information content (AvgIpc) is 2.68. The molecule has 0 aliphatic rings. The lowest BCUT2D eigenvalue weighted by atomic mass is 10.1. The van der Waals surface area contributed by atoms with Crippen molar-refractivity contribution >= 4 is 23.4 Å². The van der Waals surface area contributed by atoms with Crippen LogP contribution in [0.1, 0.15) is 43.4 Å². The van der Waals surface area contributed by atoms with Crippen molar-refractivity contribution in [2.24, 2.45) is 0 Å². The van der Waals surface area contributed by atoms with Crippen LogP contribution in [0, 0.1) is 6.92 Å². The van der Waals surface area contributed by atoms with Crippen molar-refractivity contribution in [2.45, 2.75) is 52.6 Å². The first kappa shape index (κ1) is 22.0. The predicted molar refractivity (Wildman–Crippen MR) is 114 cm³/mol. The van der Waals surface area contributed by atoms with Crippen LogP contribution in [0.25, 0.3) is 0 Å². The molecule has 150 valence electrons. The molecule has 28 heavy (non-hydrogen) atoms. The molecule has 0 fully saturated rings. The van der Waals surface area contributed by atoms with Crippen LogP contribution in [0.3, 0.4) is 0 Å². The van der Waals surface area contributed by atoms with E-state index >= 15 is 0 Å². The fraction of sp³-hybridized carbons (Fsp3) is 0.391. The predicted octanol–water partition coefficient (Wildman–Crippen LogP) is 4.52. The molecule has 0 bridgehead atoms. The fourth-order valence-corrected chi connectivity index (χ4v) is 3.09. The molecule has 0 heterocycles. The third-order valence-electron chi connectivity index (χ3n) is 4.87. The second-order valence-electron chi connectivity index (χ2n) is 7.07. The van der Waals surface area contributed by atoms with Crippen molar-refractivity contribution in [1.29, 1.82) is 0 Å². The molecule has 1 N–H and O–H groups in total. The summed E-state index contributed by atoms with van der Waals surface area (Å²) < 4.78 is 0. The molecule has 2 amide bonds. The molecule has 0 aliphatic heterocycles. The summed E-state index contributed by atoms with van der Waals surface area (Å²) in [7, 11) is 0. The third-order valence-corrected chi connectivity index (χ3v) is 5.12. The molecular formula is C23H29ClN2O2. The zero-order valence-electron chi connectivity index (χ0n) is 16.9. The molecule has 0 aromatic heterocycles. The van der Waals surface area contributed by atoms with Crippen LogP contribution in [0.4, 0.5) is 0 Å².